The van der Waals surface area contributed by atoms with Crippen molar-refractivity contribution in [3.8, 4) is 0 Å². The fourth-order valence-electron chi connectivity index (χ4n) is 3.24. The van der Waals surface area contributed by atoms with Gasteiger partial charge >= 0.3 is 0 Å². The molecule has 1 aliphatic heterocycles. The molecular formula is C21H28N2O3. The number of hydrogen-bond donors (Lipinski definition) is 1. The van der Waals surface area contributed by atoms with Gasteiger partial charge in [0, 0.05) is 18.8 Å². The summed E-state index contributed by atoms with van der Waals surface area (Å²) in [4.78, 5) is 14.6. The van der Waals surface area contributed by atoms with E-state index in [9.17, 15) is 4.79 Å². The van der Waals surface area contributed by atoms with Gasteiger partial charge in [0.2, 0.25) is 5.91 Å². The molecule has 1 N–H and O–H groups in total. The van der Waals surface area contributed by atoms with Gasteiger partial charge in [0.1, 0.15) is 5.76 Å². The lowest BCUT2D eigenvalue weighted by atomic mass is 10.0. The van der Waals surface area contributed by atoms with E-state index >= 15 is 0 Å². The number of rotatable bonds is 8. The molecule has 3 rings (SSSR count). The van der Waals surface area contributed by atoms with Gasteiger partial charge in [0.05, 0.1) is 25.5 Å². The number of benzene rings is 1. The predicted molar refractivity (Wildman–Crippen MR) is 102 cm³/mol. The highest BCUT2D eigenvalue weighted by Gasteiger charge is 2.21. The molecule has 0 spiro atoms. The van der Waals surface area contributed by atoms with Crippen LogP contribution in [0.1, 0.15) is 43.9 Å². The van der Waals surface area contributed by atoms with E-state index in [-0.39, 0.29) is 12.0 Å². The lowest BCUT2D eigenvalue weighted by molar-refractivity contribution is -0.117. The van der Waals surface area contributed by atoms with Crippen molar-refractivity contribution in [1.29, 1.82) is 0 Å². The maximum Gasteiger partial charge on any atom is 0.238 e. The highest BCUT2D eigenvalue weighted by atomic mass is 16.5. The molecule has 2 heterocycles. The predicted octanol–water partition coefficient (Wildman–Crippen LogP) is 4.02. The molecule has 1 fully saturated rings. The van der Waals surface area contributed by atoms with E-state index in [0.717, 1.165) is 37.4 Å². The Hall–Kier alpha value is -2.11. The molecule has 0 bridgehead atoms. The van der Waals surface area contributed by atoms with Crippen LogP contribution in [0.15, 0.2) is 47.1 Å². The van der Waals surface area contributed by atoms with Gasteiger partial charge in [-0.25, -0.2) is 0 Å². The SMILES string of the molecule is CC(C)c1ccc(NC(=O)CN(Cc2ccco2)CC2CCCO2)cc1. The summed E-state index contributed by atoms with van der Waals surface area (Å²) in [6, 6.07) is 11.9. The topological polar surface area (TPSA) is 54.7 Å². The second kappa shape index (κ2) is 9.01. The minimum atomic E-state index is -0.0214. The van der Waals surface area contributed by atoms with E-state index in [0.29, 0.717) is 19.0 Å². The fourth-order valence-corrected chi connectivity index (χ4v) is 3.24. The third-order valence-electron chi connectivity index (χ3n) is 4.67. The van der Waals surface area contributed by atoms with Gasteiger partial charge in [-0.2, -0.15) is 0 Å². The number of amides is 1. The van der Waals surface area contributed by atoms with Crippen LogP contribution < -0.4 is 5.32 Å². The van der Waals surface area contributed by atoms with Crippen molar-refractivity contribution in [3.05, 3.63) is 54.0 Å². The zero-order valence-electron chi connectivity index (χ0n) is 15.6. The summed E-state index contributed by atoms with van der Waals surface area (Å²) < 4.78 is 11.2. The quantitative estimate of drug-likeness (QED) is 0.776. The number of anilines is 1. The van der Waals surface area contributed by atoms with Crippen LogP contribution in [0.2, 0.25) is 0 Å². The number of furan rings is 1. The monoisotopic (exact) mass is 356 g/mol. The molecule has 2 aromatic rings. The average Bonchev–Trinajstić information content (AvgIpc) is 3.29. The van der Waals surface area contributed by atoms with Crippen molar-refractivity contribution < 1.29 is 13.9 Å². The number of carbonyl (C=O) groups is 1. The third kappa shape index (κ3) is 5.44. The molecule has 1 aliphatic rings. The second-order valence-electron chi connectivity index (χ2n) is 7.21. The van der Waals surface area contributed by atoms with Gasteiger partial charge in [0.15, 0.2) is 0 Å². The van der Waals surface area contributed by atoms with Crippen LogP contribution in [0.3, 0.4) is 0 Å². The van der Waals surface area contributed by atoms with Gasteiger partial charge in [-0.1, -0.05) is 26.0 Å². The highest BCUT2D eigenvalue weighted by Crippen LogP contribution is 2.18. The van der Waals surface area contributed by atoms with E-state index in [2.05, 4.69) is 36.2 Å². The van der Waals surface area contributed by atoms with Gasteiger partial charge in [-0.3, -0.25) is 9.69 Å². The number of nitrogens with one attached hydrogen (secondary N) is 1. The lowest BCUT2D eigenvalue weighted by Crippen LogP contribution is -2.37. The van der Waals surface area contributed by atoms with Gasteiger partial charge in [-0.15, -0.1) is 0 Å². The molecule has 1 unspecified atom stereocenters. The summed E-state index contributed by atoms with van der Waals surface area (Å²) in [5, 5.41) is 2.99. The molecule has 5 heteroatoms. The van der Waals surface area contributed by atoms with Crippen molar-refractivity contribution in [2.75, 3.05) is 25.0 Å². The first-order valence-corrected chi connectivity index (χ1v) is 9.36. The Bertz CT molecular complexity index is 674. The minimum absolute atomic E-state index is 0.0214. The first kappa shape index (κ1) is 18.7. The maximum absolute atomic E-state index is 12.5. The molecule has 1 aromatic heterocycles. The normalized spacial score (nSPS) is 17.2. The molecule has 0 radical (unpaired) electrons. The summed E-state index contributed by atoms with van der Waals surface area (Å²) in [5.41, 5.74) is 2.09. The minimum Gasteiger partial charge on any atom is -0.468 e. The van der Waals surface area contributed by atoms with Crippen molar-refractivity contribution in [1.82, 2.24) is 4.90 Å². The fraction of sp³-hybridized carbons (Fsp3) is 0.476. The first-order chi connectivity index (χ1) is 12.6. The Morgan fingerprint density at radius 2 is 2.08 bits per heavy atom. The van der Waals surface area contributed by atoms with Crippen LogP contribution in [0.4, 0.5) is 5.69 Å². The lowest BCUT2D eigenvalue weighted by Gasteiger charge is -2.23. The van der Waals surface area contributed by atoms with E-state index in [1.807, 2.05) is 24.3 Å². The zero-order chi connectivity index (χ0) is 18.4. The van der Waals surface area contributed by atoms with Crippen LogP contribution >= 0.6 is 0 Å². The number of hydrogen-bond acceptors (Lipinski definition) is 4. The van der Waals surface area contributed by atoms with Crippen LogP contribution in [0.5, 0.6) is 0 Å². The Kier molecular flexibility index (Phi) is 6.47. The zero-order valence-corrected chi connectivity index (χ0v) is 15.6. The molecule has 1 aromatic carbocycles. The van der Waals surface area contributed by atoms with E-state index in [4.69, 9.17) is 9.15 Å². The van der Waals surface area contributed by atoms with Crippen molar-refractivity contribution in [2.24, 2.45) is 0 Å². The van der Waals surface area contributed by atoms with Gasteiger partial charge < -0.3 is 14.5 Å². The largest absolute Gasteiger partial charge is 0.468 e. The third-order valence-corrected chi connectivity index (χ3v) is 4.67. The van der Waals surface area contributed by atoms with Crippen LogP contribution in [0.25, 0.3) is 0 Å². The van der Waals surface area contributed by atoms with Crippen LogP contribution in [0, 0.1) is 0 Å². The van der Waals surface area contributed by atoms with E-state index < -0.39 is 0 Å². The van der Waals surface area contributed by atoms with Crippen LogP contribution in [-0.4, -0.2) is 36.6 Å². The Morgan fingerprint density at radius 1 is 1.27 bits per heavy atom. The smallest absolute Gasteiger partial charge is 0.238 e. The van der Waals surface area contributed by atoms with Crippen LogP contribution in [-0.2, 0) is 16.1 Å². The molecule has 1 amide bonds. The van der Waals surface area contributed by atoms with E-state index in [1.165, 1.54) is 5.56 Å². The number of nitrogens with zero attached hydrogens (tertiary/aromatic N) is 1. The molecule has 0 saturated carbocycles. The Morgan fingerprint density at radius 3 is 2.69 bits per heavy atom. The Labute approximate surface area is 155 Å². The molecule has 26 heavy (non-hydrogen) atoms. The molecular weight excluding hydrogens is 328 g/mol. The molecule has 140 valence electrons. The molecule has 1 atom stereocenters. The van der Waals surface area contributed by atoms with Crippen molar-refractivity contribution >= 4 is 11.6 Å². The maximum atomic E-state index is 12.5. The first-order valence-electron chi connectivity index (χ1n) is 9.36. The van der Waals surface area contributed by atoms with Gasteiger partial charge in [-0.05, 0) is 48.6 Å². The molecule has 5 nitrogen and oxygen atoms in total. The second-order valence-corrected chi connectivity index (χ2v) is 7.21. The Balaban J connectivity index is 1.58. The van der Waals surface area contributed by atoms with Crippen molar-refractivity contribution in [2.45, 2.75) is 45.3 Å². The summed E-state index contributed by atoms with van der Waals surface area (Å²) in [5.74, 6) is 1.32. The number of ether oxygens (including phenoxy) is 1. The van der Waals surface area contributed by atoms with Crippen molar-refractivity contribution in [3.63, 3.8) is 0 Å². The highest BCUT2D eigenvalue weighted by molar-refractivity contribution is 5.92. The van der Waals surface area contributed by atoms with Gasteiger partial charge in [0.25, 0.3) is 0 Å². The standard InChI is InChI=1S/C21H28N2O3/c1-16(2)17-7-9-18(10-8-17)22-21(24)15-23(13-19-5-3-11-25-19)14-20-6-4-12-26-20/h3,5,7-11,16,20H,4,6,12-15H2,1-2H3,(H,22,24). The number of carbonyl (C=O) groups excluding carboxylic acids is 1. The summed E-state index contributed by atoms with van der Waals surface area (Å²) in [7, 11) is 0. The summed E-state index contributed by atoms with van der Waals surface area (Å²) in [6.07, 6.45) is 4.00. The molecule has 1 saturated heterocycles. The molecule has 0 aliphatic carbocycles. The van der Waals surface area contributed by atoms with E-state index in [1.54, 1.807) is 6.26 Å². The summed E-state index contributed by atoms with van der Waals surface area (Å²) in [6.45, 7) is 6.78. The summed E-state index contributed by atoms with van der Waals surface area (Å²) >= 11 is 0. The average molecular weight is 356 g/mol.